The largest absolute Gasteiger partial charge is 0.508 e. The Morgan fingerprint density at radius 2 is 1.59 bits per heavy atom. The first-order valence-corrected chi connectivity index (χ1v) is 6.27. The number of aromatic hydroxyl groups is 5. The summed E-state index contributed by atoms with van der Waals surface area (Å²) >= 11 is 0. The van der Waals surface area contributed by atoms with E-state index >= 15 is 0 Å². The highest BCUT2D eigenvalue weighted by molar-refractivity contribution is 5.96. The third kappa shape index (κ3) is 1.98. The minimum Gasteiger partial charge on any atom is -0.508 e. The first-order chi connectivity index (χ1) is 10.4. The van der Waals surface area contributed by atoms with Gasteiger partial charge in [-0.05, 0) is 17.7 Å². The fourth-order valence-electron chi connectivity index (χ4n) is 2.22. The van der Waals surface area contributed by atoms with Crippen LogP contribution in [-0.4, -0.2) is 25.5 Å². The van der Waals surface area contributed by atoms with E-state index in [1.54, 1.807) is 0 Å². The molecule has 0 aliphatic carbocycles. The molecule has 0 radical (unpaired) electrons. The Morgan fingerprint density at radius 1 is 0.864 bits per heavy atom. The molecule has 2 aromatic carbocycles. The minimum atomic E-state index is -0.338. The zero-order valence-corrected chi connectivity index (χ0v) is 11.2. The molecule has 0 aliphatic rings. The Labute approximate surface area is 124 Å². The van der Waals surface area contributed by atoms with E-state index in [0.717, 1.165) is 6.07 Å². The predicted octanol–water partition coefficient (Wildman–Crippen LogP) is 3.02. The van der Waals surface area contributed by atoms with Crippen molar-refractivity contribution >= 4 is 16.5 Å². The van der Waals surface area contributed by atoms with Crippen LogP contribution in [-0.2, 0) is 0 Å². The van der Waals surface area contributed by atoms with Crippen molar-refractivity contribution in [2.45, 2.75) is 0 Å². The Hall–Kier alpha value is -3.28. The molecular weight excluding hydrogens is 288 g/mol. The maximum Gasteiger partial charge on any atom is 0.177 e. The van der Waals surface area contributed by atoms with Crippen LogP contribution in [0.3, 0.4) is 0 Å². The van der Waals surface area contributed by atoms with Gasteiger partial charge in [0.1, 0.15) is 22.5 Å². The van der Waals surface area contributed by atoms with Crippen molar-refractivity contribution in [1.82, 2.24) is 0 Å². The molecule has 5 N–H and O–H groups in total. The molecule has 22 heavy (non-hydrogen) atoms. The van der Waals surface area contributed by atoms with Gasteiger partial charge >= 0.3 is 0 Å². The predicted molar refractivity (Wildman–Crippen MR) is 79.1 cm³/mol. The van der Waals surface area contributed by atoms with Crippen molar-refractivity contribution in [3.05, 3.63) is 48.2 Å². The quantitative estimate of drug-likeness (QED) is 0.465. The number of phenolic OH excluding ortho intramolecular Hbond substituents is 4. The Bertz CT molecular complexity index is 907. The standard InChI is InChI=1S/C16H12O6/c1-7(8-2-3-10(18)11(19)4-8)16-15(21)14-12(20)5-9(17)6-13(14)22-16/h2-6,17-21H,1H2. The molecule has 0 aliphatic heterocycles. The monoisotopic (exact) mass is 300 g/mol. The summed E-state index contributed by atoms with van der Waals surface area (Å²) in [6.07, 6.45) is 0. The van der Waals surface area contributed by atoms with Crippen LogP contribution in [0.5, 0.6) is 28.7 Å². The smallest absolute Gasteiger partial charge is 0.177 e. The Morgan fingerprint density at radius 3 is 2.27 bits per heavy atom. The fraction of sp³-hybridized carbons (Fsp3) is 0. The van der Waals surface area contributed by atoms with Gasteiger partial charge in [0.15, 0.2) is 23.0 Å². The molecule has 0 fully saturated rings. The van der Waals surface area contributed by atoms with Crippen molar-refractivity contribution in [2.75, 3.05) is 0 Å². The van der Waals surface area contributed by atoms with Crippen LogP contribution < -0.4 is 0 Å². The number of rotatable bonds is 2. The summed E-state index contributed by atoms with van der Waals surface area (Å²) in [7, 11) is 0. The van der Waals surface area contributed by atoms with Crippen LogP contribution >= 0.6 is 0 Å². The molecule has 0 spiro atoms. The second-order valence-electron chi connectivity index (χ2n) is 4.80. The Balaban J connectivity index is 2.17. The molecule has 6 nitrogen and oxygen atoms in total. The third-order valence-corrected chi connectivity index (χ3v) is 3.33. The SMILES string of the molecule is C=C(c1ccc(O)c(O)c1)c1oc2cc(O)cc(O)c2c1O. The number of hydrogen-bond acceptors (Lipinski definition) is 6. The molecule has 0 unspecified atom stereocenters. The first kappa shape index (κ1) is 13.7. The van der Waals surface area contributed by atoms with Gasteiger partial charge in [-0.2, -0.15) is 0 Å². The lowest BCUT2D eigenvalue weighted by atomic mass is 10.0. The van der Waals surface area contributed by atoms with Crippen molar-refractivity contribution in [2.24, 2.45) is 0 Å². The van der Waals surface area contributed by atoms with Gasteiger partial charge in [0, 0.05) is 17.7 Å². The summed E-state index contributed by atoms with van der Waals surface area (Å²) in [5.74, 6) is -1.50. The van der Waals surface area contributed by atoms with Gasteiger partial charge in [0.2, 0.25) is 0 Å². The van der Waals surface area contributed by atoms with E-state index in [0.29, 0.717) is 5.56 Å². The van der Waals surface area contributed by atoms with Gasteiger partial charge in [-0.3, -0.25) is 0 Å². The highest BCUT2D eigenvalue weighted by Gasteiger charge is 2.21. The van der Waals surface area contributed by atoms with Crippen molar-refractivity contribution < 1.29 is 29.9 Å². The van der Waals surface area contributed by atoms with Crippen molar-refractivity contribution in [3.8, 4) is 28.7 Å². The highest BCUT2D eigenvalue weighted by Crippen LogP contribution is 2.44. The van der Waals surface area contributed by atoms with Gasteiger partial charge < -0.3 is 29.9 Å². The highest BCUT2D eigenvalue weighted by atomic mass is 16.4. The maximum absolute atomic E-state index is 10.2. The third-order valence-electron chi connectivity index (χ3n) is 3.33. The molecule has 6 heteroatoms. The van der Waals surface area contributed by atoms with E-state index in [9.17, 15) is 25.5 Å². The Kier molecular flexibility index (Phi) is 2.88. The number of fused-ring (bicyclic) bond motifs is 1. The second-order valence-corrected chi connectivity index (χ2v) is 4.80. The van der Waals surface area contributed by atoms with Crippen LogP contribution in [0.1, 0.15) is 11.3 Å². The summed E-state index contributed by atoms with van der Waals surface area (Å²) < 4.78 is 5.43. The second kappa shape index (κ2) is 4.63. The van der Waals surface area contributed by atoms with E-state index in [4.69, 9.17) is 4.42 Å². The normalized spacial score (nSPS) is 10.9. The topological polar surface area (TPSA) is 114 Å². The lowest BCUT2D eigenvalue weighted by molar-refractivity contribution is 0.403. The summed E-state index contributed by atoms with van der Waals surface area (Å²) in [6.45, 7) is 3.78. The molecule has 3 aromatic rings. The summed E-state index contributed by atoms with van der Waals surface area (Å²) in [5.41, 5.74) is 0.741. The first-order valence-electron chi connectivity index (χ1n) is 6.27. The molecule has 3 rings (SSSR count). The zero-order valence-electron chi connectivity index (χ0n) is 11.2. The molecule has 0 atom stereocenters. The lowest BCUT2D eigenvalue weighted by Crippen LogP contribution is -1.84. The van der Waals surface area contributed by atoms with Crippen molar-refractivity contribution in [3.63, 3.8) is 0 Å². The molecule has 1 aromatic heterocycles. The summed E-state index contributed by atoms with van der Waals surface area (Å²) in [6, 6.07) is 6.36. The van der Waals surface area contributed by atoms with E-state index in [-0.39, 0.29) is 51.1 Å². The molecule has 0 amide bonds. The van der Waals surface area contributed by atoms with E-state index in [1.807, 2.05) is 0 Å². The molecule has 0 saturated carbocycles. The molecule has 112 valence electrons. The van der Waals surface area contributed by atoms with E-state index in [2.05, 4.69) is 6.58 Å². The van der Waals surface area contributed by atoms with Gasteiger partial charge in [-0.25, -0.2) is 0 Å². The molecule has 1 heterocycles. The minimum absolute atomic E-state index is 0.0130. The summed E-state index contributed by atoms with van der Waals surface area (Å²) in [4.78, 5) is 0. The number of hydrogen-bond donors (Lipinski definition) is 5. The molecule has 0 saturated heterocycles. The van der Waals surface area contributed by atoms with Gasteiger partial charge in [-0.15, -0.1) is 0 Å². The number of phenols is 4. The zero-order chi connectivity index (χ0) is 16.0. The summed E-state index contributed by atoms with van der Waals surface area (Å²) in [5, 5.41) is 48.4. The average molecular weight is 300 g/mol. The average Bonchev–Trinajstić information content (AvgIpc) is 2.78. The van der Waals surface area contributed by atoms with Crippen LogP contribution in [0.15, 0.2) is 41.3 Å². The lowest BCUT2D eigenvalue weighted by Gasteiger charge is -2.05. The maximum atomic E-state index is 10.2. The van der Waals surface area contributed by atoms with E-state index in [1.165, 1.54) is 24.3 Å². The fourth-order valence-corrected chi connectivity index (χ4v) is 2.22. The van der Waals surface area contributed by atoms with Crippen LogP contribution in [0.25, 0.3) is 16.5 Å². The van der Waals surface area contributed by atoms with Gasteiger partial charge in [0.05, 0.1) is 0 Å². The van der Waals surface area contributed by atoms with Crippen molar-refractivity contribution in [1.29, 1.82) is 0 Å². The molecule has 0 bridgehead atoms. The van der Waals surface area contributed by atoms with Gasteiger partial charge in [-0.1, -0.05) is 12.6 Å². The molecular formula is C16H12O6. The number of furan rings is 1. The van der Waals surface area contributed by atoms with Crippen LogP contribution in [0, 0.1) is 0 Å². The van der Waals surface area contributed by atoms with E-state index < -0.39 is 0 Å². The number of benzene rings is 2. The van der Waals surface area contributed by atoms with Gasteiger partial charge in [0.25, 0.3) is 0 Å². The van der Waals surface area contributed by atoms with Crippen LogP contribution in [0.2, 0.25) is 0 Å². The van der Waals surface area contributed by atoms with Crippen LogP contribution in [0.4, 0.5) is 0 Å².